The minimum Gasteiger partial charge on any atom is -0.228 e. The van der Waals surface area contributed by atoms with Crippen LogP contribution in [0.1, 0.15) is 0 Å². The first-order valence-electron chi connectivity index (χ1n) is 13.7. The van der Waals surface area contributed by atoms with E-state index in [4.69, 9.17) is 9.97 Å². The third-order valence-corrected chi connectivity index (χ3v) is 8.35. The van der Waals surface area contributed by atoms with E-state index in [1.165, 1.54) is 48.5 Å². The summed E-state index contributed by atoms with van der Waals surface area (Å²) in [5.74, 6) is 0. The molecule has 2 heterocycles. The van der Waals surface area contributed by atoms with Crippen LogP contribution in [0.3, 0.4) is 0 Å². The zero-order valence-corrected chi connectivity index (χ0v) is 21.6. The Bertz CT molecular complexity index is 2540. The summed E-state index contributed by atoms with van der Waals surface area (Å²) in [4.78, 5) is 10.2. The summed E-state index contributed by atoms with van der Waals surface area (Å²) in [5, 5.41) is 15.4. The summed E-state index contributed by atoms with van der Waals surface area (Å²) in [7, 11) is 0. The van der Waals surface area contributed by atoms with Crippen LogP contribution in [0.2, 0.25) is 0 Å². The number of nitrogens with zero attached hydrogens (tertiary/aromatic N) is 2. The lowest BCUT2D eigenvalue weighted by Gasteiger charge is -2.10. The number of hydrogen-bond acceptors (Lipinski definition) is 2. The Morgan fingerprint density at radius 2 is 0.850 bits per heavy atom. The molecule has 0 unspecified atom stereocenters. The lowest BCUT2D eigenvalue weighted by molar-refractivity contribution is 1.38. The Kier molecular flexibility index (Phi) is 4.36. The van der Waals surface area contributed by atoms with Crippen molar-refractivity contribution in [3.63, 3.8) is 0 Å². The third-order valence-electron chi connectivity index (χ3n) is 8.35. The lowest BCUT2D eigenvalue weighted by Crippen LogP contribution is -1.88. The average molecular weight is 507 g/mol. The predicted molar refractivity (Wildman–Crippen MR) is 171 cm³/mol. The fourth-order valence-corrected chi connectivity index (χ4v) is 6.34. The normalized spacial score (nSPS) is 12.0. The molecule has 0 aliphatic carbocycles. The highest BCUT2D eigenvalue weighted by Crippen LogP contribution is 2.35. The minimum absolute atomic E-state index is 0.740. The molecular formula is C38H22N2. The summed E-state index contributed by atoms with van der Waals surface area (Å²) in [6.07, 6.45) is 0. The van der Waals surface area contributed by atoms with Crippen molar-refractivity contribution in [3.8, 4) is 0 Å². The monoisotopic (exact) mass is 506 g/mol. The fourth-order valence-electron chi connectivity index (χ4n) is 6.34. The molecule has 2 nitrogen and oxygen atoms in total. The molecule has 9 aromatic rings. The third kappa shape index (κ3) is 3.17. The first kappa shape index (κ1) is 21.6. The predicted octanol–water partition coefficient (Wildman–Crippen LogP) is 10.3. The number of fused-ring (bicyclic) bond motifs is 14. The summed E-state index contributed by atoms with van der Waals surface area (Å²) in [5.41, 5.74) is 2.65. The molecule has 0 aliphatic heterocycles. The van der Waals surface area contributed by atoms with Crippen molar-refractivity contribution in [2.45, 2.75) is 0 Å². The molecule has 0 atom stereocenters. The zero-order valence-electron chi connectivity index (χ0n) is 21.6. The summed E-state index contributed by atoms with van der Waals surface area (Å²) in [6.45, 7) is 0. The highest BCUT2D eigenvalue weighted by molar-refractivity contribution is 6.22. The first-order chi connectivity index (χ1) is 19.8. The molecular weight excluding hydrogens is 484 g/mol. The minimum atomic E-state index is 0.740. The number of aromatic nitrogens is 2. The van der Waals surface area contributed by atoms with E-state index < -0.39 is 0 Å². The maximum atomic E-state index is 5.22. The van der Waals surface area contributed by atoms with Crippen LogP contribution in [0, 0.1) is 0 Å². The Morgan fingerprint density at radius 3 is 1.57 bits per heavy atom. The highest BCUT2D eigenvalue weighted by Gasteiger charge is 2.09. The van der Waals surface area contributed by atoms with Gasteiger partial charge < -0.3 is 0 Å². The molecule has 0 radical (unpaired) electrons. The molecule has 0 aliphatic rings. The van der Waals surface area contributed by atoms with E-state index in [0.29, 0.717) is 0 Å². The Balaban J connectivity index is 1.62. The average Bonchev–Trinajstić information content (AvgIpc) is 3.03. The van der Waals surface area contributed by atoms with Gasteiger partial charge in [0.05, 0.1) is 11.0 Å². The molecule has 2 heteroatoms. The van der Waals surface area contributed by atoms with E-state index in [9.17, 15) is 0 Å². The van der Waals surface area contributed by atoms with Gasteiger partial charge in [-0.25, -0.2) is 9.97 Å². The van der Waals surface area contributed by atoms with E-state index in [1.54, 1.807) is 0 Å². The van der Waals surface area contributed by atoms with Crippen molar-refractivity contribution in [2.24, 2.45) is 0 Å². The Labute approximate surface area is 229 Å². The molecule has 10 bridgehead atoms. The Morgan fingerprint density at radius 1 is 0.325 bits per heavy atom. The number of para-hydroxylation sites is 1. The highest BCUT2D eigenvalue weighted by atomic mass is 14.9. The molecule has 0 amide bonds. The van der Waals surface area contributed by atoms with Crippen LogP contribution in [-0.2, 0) is 0 Å². The molecule has 9 rings (SSSR count). The van der Waals surface area contributed by atoms with E-state index in [-0.39, 0.29) is 0 Å². The fraction of sp³-hybridized carbons (Fsp3) is 0. The van der Waals surface area contributed by atoms with Crippen LogP contribution < -0.4 is 0 Å². The molecule has 184 valence electrons. The van der Waals surface area contributed by atoms with Crippen LogP contribution in [-0.4, -0.2) is 9.97 Å². The van der Waals surface area contributed by atoms with Gasteiger partial charge in [-0.1, -0.05) is 103 Å². The van der Waals surface area contributed by atoms with Crippen molar-refractivity contribution in [2.75, 3.05) is 0 Å². The molecule has 0 fully saturated rings. The summed E-state index contributed by atoms with van der Waals surface area (Å²) >= 11 is 0. The second kappa shape index (κ2) is 8.08. The molecule has 0 saturated carbocycles. The number of benzene rings is 7. The quantitative estimate of drug-likeness (QED) is 0.191. The molecule has 40 heavy (non-hydrogen) atoms. The maximum absolute atomic E-state index is 5.22. The van der Waals surface area contributed by atoms with Crippen LogP contribution >= 0.6 is 0 Å². The van der Waals surface area contributed by atoms with Gasteiger partial charge in [-0.15, -0.1) is 0 Å². The van der Waals surface area contributed by atoms with Crippen molar-refractivity contribution in [3.05, 3.63) is 133 Å². The van der Waals surface area contributed by atoms with Crippen LogP contribution in [0.5, 0.6) is 0 Å². The van der Waals surface area contributed by atoms with Gasteiger partial charge in [0.25, 0.3) is 0 Å². The second-order valence-corrected chi connectivity index (χ2v) is 10.7. The molecule has 0 N–H and O–H groups in total. The standard InChI is InChI=1S/C38H22N2/c1-2-10-35-32(9-1)37-30-18-14-24-12-16-25-15-11-23-13-17-29(21-33(23)36(25)34(24)22-30)27-6-3-5-26(19-27)28-7-4-8-31(20-28)38(39-35)40-37/h1-22H. The van der Waals surface area contributed by atoms with Gasteiger partial charge in [0.15, 0.2) is 5.65 Å². The van der Waals surface area contributed by atoms with Crippen molar-refractivity contribution < 1.29 is 0 Å². The molecule has 0 saturated heterocycles. The number of hydrogen-bond donors (Lipinski definition) is 0. The van der Waals surface area contributed by atoms with E-state index >= 15 is 0 Å². The lowest BCUT2D eigenvalue weighted by atomic mass is 9.94. The smallest absolute Gasteiger partial charge is 0.160 e. The Hall–Kier alpha value is -5.34. The van der Waals surface area contributed by atoms with E-state index in [2.05, 4.69) is 133 Å². The SMILES string of the molecule is c1cc2cc(c1)c1ccc3ccc4ccc5ccc(cc5c4c3c1)c1nc(nc3ccccc31)c1cccc2c1. The topological polar surface area (TPSA) is 25.8 Å². The maximum Gasteiger partial charge on any atom is 0.160 e. The van der Waals surface area contributed by atoms with Gasteiger partial charge in [-0.2, -0.15) is 0 Å². The van der Waals surface area contributed by atoms with Gasteiger partial charge in [0, 0.05) is 16.2 Å². The van der Waals surface area contributed by atoms with Gasteiger partial charge >= 0.3 is 0 Å². The molecule has 7 aromatic carbocycles. The van der Waals surface area contributed by atoms with Gasteiger partial charge in [-0.3, -0.25) is 0 Å². The van der Waals surface area contributed by atoms with Crippen LogP contribution in [0.4, 0.5) is 0 Å². The van der Waals surface area contributed by atoms with Gasteiger partial charge in [0.2, 0.25) is 0 Å². The van der Waals surface area contributed by atoms with E-state index in [1.807, 2.05) is 0 Å². The summed E-state index contributed by atoms with van der Waals surface area (Å²) < 4.78 is 0. The first-order valence-corrected chi connectivity index (χ1v) is 13.7. The number of rotatable bonds is 0. The van der Waals surface area contributed by atoms with Crippen LogP contribution in [0.15, 0.2) is 133 Å². The second-order valence-electron chi connectivity index (χ2n) is 10.7. The summed E-state index contributed by atoms with van der Waals surface area (Å²) in [6, 6.07) is 48.3. The van der Waals surface area contributed by atoms with Crippen molar-refractivity contribution in [1.82, 2.24) is 9.97 Å². The van der Waals surface area contributed by atoms with Gasteiger partial charge in [-0.05, 0) is 84.2 Å². The van der Waals surface area contributed by atoms with Gasteiger partial charge in [0.1, 0.15) is 0 Å². The van der Waals surface area contributed by atoms with Crippen LogP contribution in [0.25, 0.3) is 86.7 Å². The van der Waals surface area contributed by atoms with Crippen molar-refractivity contribution >= 4 is 86.7 Å². The largest absolute Gasteiger partial charge is 0.228 e. The zero-order chi connectivity index (χ0) is 26.2. The van der Waals surface area contributed by atoms with Crippen molar-refractivity contribution in [1.29, 1.82) is 0 Å². The van der Waals surface area contributed by atoms with E-state index in [0.717, 1.165) is 38.2 Å². The molecule has 0 spiro atoms. The molecule has 2 aromatic heterocycles.